The van der Waals surface area contributed by atoms with Crippen molar-refractivity contribution in [2.45, 2.75) is 6.10 Å². The molecule has 1 saturated heterocycles. The third-order valence-electron chi connectivity index (χ3n) is 5.84. The van der Waals surface area contributed by atoms with E-state index in [2.05, 4.69) is 14.8 Å². The molecule has 1 aliphatic heterocycles. The van der Waals surface area contributed by atoms with Gasteiger partial charge in [-0.2, -0.15) is 5.10 Å². The number of hydrogen-bond acceptors (Lipinski definition) is 7. The molecule has 1 fully saturated rings. The van der Waals surface area contributed by atoms with Crippen molar-refractivity contribution in [2.24, 2.45) is 7.05 Å². The minimum atomic E-state index is -4.00. The second-order valence-electron chi connectivity index (χ2n) is 8.38. The third kappa shape index (κ3) is 6.75. The summed E-state index contributed by atoms with van der Waals surface area (Å²) in [4.78, 5) is 17.9. The van der Waals surface area contributed by atoms with Crippen LogP contribution in [0.15, 0.2) is 59.7 Å². The van der Waals surface area contributed by atoms with Crippen LogP contribution in [0.3, 0.4) is 0 Å². The first-order valence-electron chi connectivity index (χ1n) is 11.1. The van der Waals surface area contributed by atoms with Crippen LogP contribution in [0.4, 0.5) is 5.69 Å². The average molecular weight is 554 g/mol. The maximum absolute atomic E-state index is 13.5. The van der Waals surface area contributed by atoms with Gasteiger partial charge in [0.05, 0.1) is 37.1 Å². The molecule has 14 heteroatoms. The first-order valence-corrected chi connectivity index (χ1v) is 12.5. The van der Waals surface area contributed by atoms with Gasteiger partial charge in [-0.3, -0.25) is 14.5 Å². The number of benzene rings is 1. The van der Waals surface area contributed by atoms with Crippen molar-refractivity contribution in [1.82, 2.24) is 19.1 Å². The molecule has 0 bridgehead atoms. The Kier molecular flexibility index (Phi) is 10.9. The van der Waals surface area contributed by atoms with E-state index in [9.17, 15) is 13.2 Å². The predicted octanol–water partition coefficient (Wildman–Crippen LogP) is -1.90. The molecule has 0 amide bonds. The topological polar surface area (TPSA) is 181 Å². The summed E-state index contributed by atoms with van der Waals surface area (Å²) in [5.41, 5.74) is 1.85. The van der Waals surface area contributed by atoms with E-state index in [1.165, 1.54) is 13.1 Å². The molecule has 0 saturated carbocycles. The first-order chi connectivity index (χ1) is 16.8. The van der Waals surface area contributed by atoms with Gasteiger partial charge in [0.2, 0.25) is 0 Å². The van der Waals surface area contributed by atoms with Crippen LogP contribution in [-0.2, 0) is 26.7 Å². The molecule has 4 N–H and O–H groups in total. The summed E-state index contributed by atoms with van der Waals surface area (Å²) in [5, 5.41) is 5.80. The van der Waals surface area contributed by atoms with Gasteiger partial charge in [0.15, 0.2) is 15.6 Å². The maximum Gasteiger partial charge on any atom is 1.00 e. The van der Waals surface area contributed by atoms with Gasteiger partial charge in [0, 0.05) is 49.4 Å². The number of likely N-dealkylation sites (N-methyl/N-ethyl adjacent to an activating group) is 1. The van der Waals surface area contributed by atoms with E-state index >= 15 is 0 Å². The van der Waals surface area contributed by atoms with Crippen LogP contribution in [0.2, 0.25) is 0 Å². The maximum atomic E-state index is 13.5. The predicted molar refractivity (Wildman–Crippen MR) is 140 cm³/mol. The van der Waals surface area contributed by atoms with E-state index in [1.54, 1.807) is 41.2 Å². The summed E-state index contributed by atoms with van der Waals surface area (Å²) in [5.74, 6) is 0. The Hall–Kier alpha value is -2.46. The second kappa shape index (κ2) is 13.1. The zero-order valence-electron chi connectivity index (χ0n) is 21.3. The molecule has 2 aromatic carbocycles. The summed E-state index contributed by atoms with van der Waals surface area (Å²) in [6.07, 6.45) is 3.14. The van der Waals surface area contributed by atoms with Crippen molar-refractivity contribution in [3.63, 3.8) is 0 Å². The largest absolute Gasteiger partial charge is 1.00 e. The molecule has 198 valence electrons. The standard InChI is InChI=1S/C24H25N5O5S.Na.2H2O/c1-28-8-7-22(26-28)17-11-21-23(25-13-17)6-4-16-3-5-18(12-20(16)24(21)30)27-35(31,32)29(2)14-19-15-33-9-10-34-19;;;/h3-8,11-13,19H,9-10,14-15H2,1-2H3,(H,25,26,27,30);;2*1H2/q;+1;;/p-1/t19-;;;/m1.../s1. The Morgan fingerprint density at radius 3 is 2.55 bits per heavy atom. The third-order valence-corrected chi connectivity index (χ3v) is 7.21. The van der Waals surface area contributed by atoms with E-state index in [4.69, 9.17) is 9.47 Å². The van der Waals surface area contributed by atoms with E-state index in [0.29, 0.717) is 52.8 Å². The summed E-state index contributed by atoms with van der Waals surface area (Å²) in [6, 6.07) is 11.9. The van der Waals surface area contributed by atoms with E-state index in [-0.39, 0.29) is 64.3 Å². The van der Waals surface area contributed by atoms with Gasteiger partial charge in [-0.15, -0.1) is 5.69 Å². The van der Waals surface area contributed by atoms with Crippen molar-refractivity contribution < 1.29 is 58.4 Å². The number of aryl methyl sites for hydroxylation is 1. The fourth-order valence-corrected chi connectivity index (χ4v) is 4.86. The number of pyridine rings is 1. The fourth-order valence-electron chi connectivity index (χ4n) is 3.98. The quantitative estimate of drug-likeness (QED) is 0.250. The van der Waals surface area contributed by atoms with Gasteiger partial charge in [0.25, 0.3) is 0 Å². The van der Waals surface area contributed by atoms with Crippen molar-refractivity contribution in [3.8, 4) is 11.3 Å². The van der Waals surface area contributed by atoms with Crippen molar-refractivity contribution in [1.29, 1.82) is 0 Å². The molecule has 2 aromatic heterocycles. The normalized spacial score (nSPS) is 15.4. The number of ether oxygens (including phenoxy) is 2. The molecular weight excluding hydrogens is 525 g/mol. The molecule has 38 heavy (non-hydrogen) atoms. The number of fused-ring (bicyclic) bond motifs is 2. The molecule has 4 aromatic rings. The molecule has 12 nitrogen and oxygen atoms in total. The molecule has 1 atom stereocenters. The van der Waals surface area contributed by atoms with Gasteiger partial charge < -0.3 is 25.1 Å². The van der Waals surface area contributed by atoms with Crippen LogP contribution in [0.1, 0.15) is 0 Å². The van der Waals surface area contributed by atoms with Crippen LogP contribution < -0.4 is 35.0 Å². The van der Waals surface area contributed by atoms with Gasteiger partial charge in [0.1, 0.15) is 0 Å². The number of rotatable bonds is 6. The molecule has 0 aliphatic carbocycles. The summed E-state index contributed by atoms with van der Waals surface area (Å²) in [6.45, 7) is 1.37. The summed E-state index contributed by atoms with van der Waals surface area (Å²) >= 11 is 0. The first kappa shape index (κ1) is 31.8. The minimum absolute atomic E-state index is 0. The number of hydrogen-bond donors (Lipinski definition) is 0. The van der Waals surface area contributed by atoms with Gasteiger partial charge in [-0.05, 0) is 23.6 Å². The van der Waals surface area contributed by atoms with E-state index in [1.807, 2.05) is 19.3 Å². The minimum Gasteiger partial charge on any atom is -0.564 e. The molecule has 3 heterocycles. The van der Waals surface area contributed by atoms with Crippen molar-refractivity contribution in [2.75, 3.05) is 33.4 Å². The Morgan fingerprint density at radius 1 is 1.11 bits per heavy atom. The molecule has 1 aliphatic rings. The van der Waals surface area contributed by atoms with Crippen LogP contribution in [0.5, 0.6) is 0 Å². The number of nitrogens with zero attached hydrogens (tertiary/aromatic N) is 5. The van der Waals surface area contributed by atoms with Crippen LogP contribution >= 0.6 is 0 Å². The summed E-state index contributed by atoms with van der Waals surface area (Å²) < 4.78 is 43.3. The van der Waals surface area contributed by atoms with Gasteiger partial charge in [-0.1, -0.05) is 24.3 Å². The zero-order chi connectivity index (χ0) is 24.6. The van der Waals surface area contributed by atoms with E-state index in [0.717, 1.165) is 4.31 Å². The SMILES string of the molecule is CN(C[C@@H]1COCCO1)S(=O)(=O)[N-]c1ccc2ccc3ncc(-c4ccn(C)n4)cc3c(=O)c2c1.O.O.[Na+]. The average Bonchev–Trinajstić information content (AvgIpc) is 3.23. The zero-order valence-corrected chi connectivity index (χ0v) is 24.1. The monoisotopic (exact) mass is 553 g/mol. The van der Waals surface area contributed by atoms with Crippen molar-refractivity contribution in [3.05, 3.63) is 69.8 Å². The fraction of sp³-hybridized carbons (Fsp3) is 0.292. The Labute approximate surface area is 241 Å². The van der Waals surface area contributed by atoms with Gasteiger partial charge in [-0.25, -0.2) is 12.7 Å². The Balaban J connectivity index is 0.00000169. The number of aromatic nitrogens is 3. The molecule has 0 unspecified atom stereocenters. The smallest absolute Gasteiger partial charge is 0.564 e. The molecule has 0 spiro atoms. The molecule has 5 rings (SSSR count). The van der Waals surface area contributed by atoms with Gasteiger partial charge >= 0.3 is 29.6 Å². The van der Waals surface area contributed by atoms with E-state index < -0.39 is 10.2 Å². The van der Waals surface area contributed by atoms with Crippen LogP contribution in [-0.4, -0.2) is 78.0 Å². The Morgan fingerprint density at radius 2 is 1.87 bits per heavy atom. The Bertz CT molecular complexity index is 1580. The molecule has 0 radical (unpaired) electrons. The van der Waals surface area contributed by atoms with Crippen LogP contribution in [0.25, 0.3) is 37.7 Å². The van der Waals surface area contributed by atoms with Crippen molar-refractivity contribution >= 4 is 37.6 Å². The molecular formula is C24H28N5NaO7S. The summed E-state index contributed by atoms with van der Waals surface area (Å²) in [7, 11) is -0.740. The van der Waals surface area contributed by atoms with Crippen LogP contribution in [0, 0.1) is 0 Å². The second-order valence-corrected chi connectivity index (χ2v) is 10.1.